The Hall–Kier alpha value is -0.500. The fourth-order valence-corrected chi connectivity index (χ4v) is 3.16. The van der Waals surface area contributed by atoms with Crippen LogP contribution in [0.15, 0.2) is 21.7 Å². The van der Waals surface area contributed by atoms with E-state index in [0.29, 0.717) is 6.04 Å². The Bertz CT molecular complexity index is 351. The second-order valence-corrected chi connectivity index (χ2v) is 6.31. The van der Waals surface area contributed by atoms with Crippen molar-refractivity contribution in [3.05, 3.63) is 17.5 Å². The molecule has 1 heterocycles. The molecule has 0 aromatic carbocycles. The summed E-state index contributed by atoms with van der Waals surface area (Å²) in [4.78, 5) is 0. The first-order valence-corrected chi connectivity index (χ1v) is 6.94. The minimum atomic E-state index is -0.379. The molecule has 1 aromatic heterocycles. The lowest BCUT2D eigenvalue weighted by molar-refractivity contribution is 0.490. The first kappa shape index (κ1) is 11.0. The maximum Gasteiger partial charge on any atom is 0.113 e. The number of hydrogen-bond donors (Lipinski definition) is 1. The van der Waals surface area contributed by atoms with Gasteiger partial charge in [-0.3, -0.25) is 5.32 Å². The van der Waals surface area contributed by atoms with Crippen molar-refractivity contribution >= 4 is 23.1 Å². The van der Waals surface area contributed by atoms with Gasteiger partial charge in [-0.05, 0) is 31.2 Å². The van der Waals surface area contributed by atoms with Crippen molar-refractivity contribution in [2.45, 2.75) is 35.6 Å². The molecule has 80 valence electrons. The highest BCUT2D eigenvalue weighted by Crippen LogP contribution is 2.29. The lowest BCUT2D eigenvalue weighted by Crippen LogP contribution is -2.44. The highest BCUT2D eigenvalue weighted by atomic mass is 32.2. The van der Waals surface area contributed by atoms with E-state index in [9.17, 15) is 0 Å². The molecule has 2 rings (SSSR count). The van der Waals surface area contributed by atoms with Crippen LogP contribution in [0.1, 0.15) is 19.8 Å². The first-order valence-electron chi connectivity index (χ1n) is 5.07. The van der Waals surface area contributed by atoms with E-state index in [0.717, 1.165) is 5.75 Å². The quantitative estimate of drug-likeness (QED) is 0.801. The number of thiophene rings is 1. The zero-order valence-electron chi connectivity index (χ0n) is 8.69. The number of thioether (sulfide) groups is 1. The third kappa shape index (κ3) is 3.23. The summed E-state index contributed by atoms with van der Waals surface area (Å²) in [5, 5.41) is 14.6. The Morgan fingerprint density at radius 2 is 2.53 bits per heavy atom. The molecule has 0 aliphatic heterocycles. The molecule has 2 nitrogen and oxygen atoms in total. The van der Waals surface area contributed by atoms with Crippen LogP contribution >= 0.6 is 23.1 Å². The van der Waals surface area contributed by atoms with Gasteiger partial charge >= 0.3 is 0 Å². The number of hydrogen-bond acceptors (Lipinski definition) is 4. The summed E-state index contributed by atoms with van der Waals surface area (Å²) < 4.78 is 1.29. The van der Waals surface area contributed by atoms with Gasteiger partial charge in [0.25, 0.3) is 0 Å². The Labute approximate surface area is 98.7 Å². The molecular formula is C11H14N2S2. The predicted molar refractivity (Wildman–Crippen MR) is 65.2 cm³/mol. The van der Waals surface area contributed by atoms with Crippen molar-refractivity contribution in [2.24, 2.45) is 0 Å². The summed E-state index contributed by atoms with van der Waals surface area (Å²) >= 11 is 3.50. The predicted octanol–water partition coefficient (Wildman–Crippen LogP) is 2.87. The van der Waals surface area contributed by atoms with Gasteiger partial charge in [0, 0.05) is 11.8 Å². The Balaban J connectivity index is 1.87. The van der Waals surface area contributed by atoms with Gasteiger partial charge in [-0.15, -0.1) is 23.1 Å². The van der Waals surface area contributed by atoms with Crippen LogP contribution in [-0.4, -0.2) is 17.3 Å². The molecule has 1 unspecified atom stereocenters. The normalized spacial score (nSPS) is 19.5. The fraction of sp³-hybridized carbons (Fsp3) is 0.545. The van der Waals surface area contributed by atoms with E-state index >= 15 is 0 Å². The standard InChI is InChI=1S/C11H14N2S2/c1-11(7-12,13-9-4-5-9)8-15-10-3-2-6-14-10/h2-3,6,9,13H,4-5,8H2,1H3. The van der Waals surface area contributed by atoms with Gasteiger partial charge in [0.2, 0.25) is 0 Å². The first-order chi connectivity index (χ1) is 7.22. The van der Waals surface area contributed by atoms with Gasteiger partial charge in [0.1, 0.15) is 5.54 Å². The van der Waals surface area contributed by atoms with Gasteiger partial charge in [0.15, 0.2) is 0 Å². The second-order valence-electron chi connectivity index (χ2n) is 4.08. The largest absolute Gasteiger partial charge is 0.296 e. The molecule has 1 atom stereocenters. The summed E-state index contributed by atoms with van der Waals surface area (Å²) in [6.45, 7) is 1.99. The molecule has 1 aliphatic carbocycles. The molecule has 4 heteroatoms. The number of nitrogens with one attached hydrogen (secondary N) is 1. The minimum absolute atomic E-state index is 0.379. The summed E-state index contributed by atoms with van der Waals surface area (Å²) in [5.74, 6) is 0.820. The van der Waals surface area contributed by atoms with Crippen LogP contribution in [0.4, 0.5) is 0 Å². The Morgan fingerprint density at radius 1 is 1.73 bits per heavy atom. The van der Waals surface area contributed by atoms with E-state index in [2.05, 4.69) is 22.8 Å². The average Bonchev–Trinajstić information content (AvgIpc) is 2.88. The molecule has 1 N–H and O–H groups in total. The molecule has 15 heavy (non-hydrogen) atoms. The Morgan fingerprint density at radius 3 is 3.07 bits per heavy atom. The van der Waals surface area contributed by atoms with Crippen LogP contribution in [0.5, 0.6) is 0 Å². The van der Waals surface area contributed by atoms with Crippen LogP contribution in [0.2, 0.25) is 0 Å². The molecule has 0 saturated heterocycles. The van der Waals surface area contributed by atoms with E-state index in [-0.39, 0.29) is 5.54 Å². The van der Waals surface area contributed by atoms with Crippen LogP contribution in [0, 0.1) is 11.3 Å². The topological polar surface area (TPSA) is 35.8 Å². The highest BCUT2D eigenvalue weighted by Gasteiger charge is 2.32. The van der Waals surface area contributed by atoms with E-state index in [1.165, 1.54) is 17.1 Å². The molecule has 1 fully saturated rings. The van der Waals surface area contributed by atoms with Gasteiger partial charge in [-0.2, -0.15) is 5.26 Å². The fourth-order valence-electron chi connectivity index (χ4n) is 1.35. The molecule has 1 aliphatic rings. The highest BCUT2D eigenvalue weighted by molar-refractivity contribution is 8.01. The summed E-state index contributed by atoms with van der Waals surface area (Å²) in [7, 11) is 0. The molecule has 0 bridgehead atoms. The van der Waals surface area contributed by atoms with E-state index in [4.69, 9.17) is 5.26 Å². The monoisotopic (exact) mass is 238 g/mol. The molecule has 1 aromatic rings. The summed E-state index contributed by atoms with van der Waals surface area (Å²) in [6.07, 6.45) is 2.45. The zero-order valence-corrected chi connectivity index (χ0v) is 10.3. The smallest absolute Gasteiger partial charge is 0.113 e. The maximum absolute atomic E-state index is 9.17. The SMILES string of the molecule is CC(C#N)(CSc1cccs1)NC1CC1. The number of nitriles is 1. The third-order valence-corrected chi connectivity index (χ3v) is 4.79. The van der Waals surface area contributed by atoms with Crippen molar-refractivity contribution < 1.29 is 0 Å². The number of rotatable bonds is 5. The van der Waals surface area contributed by atoms with Crippen molar-refractivity contribution in [1.29, 1.82) is 5.26 Å². The van der Waals surface area contributed by atoms with Crippen molar-refractivity contribution in [1.82, 2.24) is 5.32 Å². The lowest BCUT2D eigenvalue weighted by Gasteiger charge is -2.22. The van der Waals surface area contributed by atoms with Crippen LogP contribution in [-0.2, 0) is 0 Å². The van der Waals surface area contributed by atoms with Crippen molar-refractivity contribution in [3.63, 3.8) is 0 Å². The third-order valence-electron chi connectivity index (χ3n) is 2.34. The van der Waals surface area contributed by atoms with Crippen LogP contribution < -0.4 is 5.32 Å². The lowest BCUT2D eigenvalue weighted by atomic mass is 10.1. The second kappa shape index (κ2) is 4.56. The summed E-state index contributed by atoms with van der Waals surface area (Å²) in [5.41, 5.74) is -0.379. The van der Waals surface area contributed by atoms with Gasteiger partial charge in [-0.1, -0.05) is 6.07 Å². The summed E-state index contributed by atoms with van der Waals surface area (Å²) in [6, 6.07) is 7.12. The van der Waals surface area contributed by atoms with Crippen LogP contribution in [0.25, 0.3) is 0 Å². The molecule has 0 spiro atoms. The zero-order chi connectivity index (χ0) is 10.7. The van der Waals surface area contributed by atoms with Crippen molar-refractivity contribution in [2.75, 3.05) is 5.75 Å². The molecular weight excluding hydrogens is 224 g/mol. The van der Waals surface area contributed by atoms with Gasteiger partial charge in [0.05, 0.1) is 10.3 Å². The minimum Gasteiger partial charge on any atom is -0.296 e. The van der Waals surface area contributed by atoms with Crippen LogP contribution in [0.3, 0.4) is 0 Å². The van der Waals surface area contributed by atoms with E-state index < -0.39 is 0 Å². The van der Waals surface area contributed by atoms with E-state index in [1.54, 1.807) is 23.1 Å². The van der Waals surface area contributed by atoms with Gasteiger partial charge < -0.3 is 0 Å². The molecule has 0 radical (unpaired) electrons. The Kier molecular flexibility index (Phi) is 3.35. The molecule has 1 saturated carbocycles. The van der Waals surface area contributed by atoms with E-state index in [1.807, 2.05) is 13.0 Å². The van der Waals surface area contributed by atoms with Gasteiger partial charge in [-0.25, -0.2) is 0 Å². The van der Waals surface area contributed by atoms with Crippen molar-refractivity contribution in [3.8, 4) is 6.07 Å². The maximum atomic E-state index is 9.17. The molecule has 0 amide bonds. The number of nitrogens with zero attached hydrogens (tertiary/aromatic N) is 1. The average molecular weight is 238 g/mol.